The molecule has 0 saturated heterocycles. The number of tetrazole rings is 1. The fraction of sp³-hybridized carbons (Fsp3) is 0.263. The number of rotatable bonds is 8. The first-order valence-corrected chi connectivity index (χ1v) is 9.55. The molecule has 3 aromatic rings. The molecule has 7 nitrogen and oxygen atoms in total. The van der Waals surface area contributed by atoms with Crippen LogP contribution in [0.2, 0.25) is 0 Å². The molecule has 0 aliphatic heterocycles. The van der Waals surface area contributed by atoms with E-state index in [1.807, 2.05) is 62.4 Å². The summed E-state index contributed by atoms with van der Waals surface area (Å²) in [4.78, 5) is 12.0. The minimum atomic E-state index is -0.0914. The van der Waals surface area contributed by atoms with E-state index in [4.69, 9.17) is 4.74 Å². The van der Waals surface area contributed by atoms with Crippen LogP contribution in [0.25, 0.3) is 5.69 Å². The third-order valence-corrected chi connectivity index (χ3v) is 4.65. The van der Waals surface area contributed by atoms with Gasteiger partial charge in [0, 0.05) is 0 Å². The Morgan fingerprint density at radius 1 is 1.15 bits per heavy atom. The number of amides is 1. The van der Waals surface area contributed by atoms with Gasteiger partial charge in [-0.2, -0.15) is 4.68 Å². The van der Waals surface area contributed by atoms with Gasteiger partial charge in [-0.1, -0.05) is 41.6 Å². The predicted octanol–water partition coefficient (Wildman–Crippen LogP) is 2.57. The second-order valence-electron chi connectivity index (χ2n) is 6.01. The average Bonchev–Trinajstić information content (AvgIpc) is 3.13. The maximum Gasteiger partial charge on any atom is 0.230 e. The molecule has 140 valence electrons. The third-order valence-electron chi connectivity index (χ3n) is 3.73. The Kier molecular flexibility index (Phi) is 6.43. The largest absolute Gasteiger partial charge is 0.492 e. The normalized spacial score (nSPS) is 10.6. The number of nitrogens with one attached hydrogen (secondary N) is 1. The summed E-state index contributed by atoms with van der Waals surface area (Å²) in [6, 6.07) is 15.7. The molecule has 0 spiro atoms. The van der Waals surface area contributed by atoms with Crippen LogP contribution in [0, 0.1) is 13.8 Å². The number of carbonyl (C=O) groups is 1. The van der Waals surface area contributed by atoms with Gasteiger partial charge in [-0.25, -0.2) is 0 Å². The van der Waals surface area contributed by atoms with E-state index in [9.17, 15) is 4.79 Å². The van der Waals surface area contributed by atoms with Gasteiger partial charge < -0.3 is 10.1 Å². The highest BCUT2D eigenvalue weighted by atomic mass is 32.2. The van der Waals surface area contributed by atoms with Crippen molar-refractivity contribution in [2.24, 2.45) is 0 Å². The van der Waals surface area contributed by atoms with Crippen molar-refractivity contribution in [1.82, 2.24) is 25.5 Å². The molecule has 1 aromatic heterocycles. The zero-order valence-electron chi connectivity index (χ0n) is 15.3. The van der Waals surface area contributed by atoms with E-state index < -0.39 is 0 Å². The lowest BCUT2D eigenvalue weighted by Gasteiger charge is -2.08. The molecule has 2 aromatic carbocycles. The van der Waals surface area contributed by atoms with E-state index in [-0.39, 0.29) is 11.7 Å². The van der Waals surface area contributed by atoms with E-state index in [2.05, 4.69) is 20.8 Å². The summed E-state index contributed by atoms with van der Waals surface area (Å²) >= 11 is 1.29. The minimum Gasteiger partial charge on any atom is -0.492 e. The number of benzene rings is 2. The Morgan fingerprint density at radius 3 is 2.74 bits per heavy atom. The van der Waals surface area contributed by atoms with Crippen LogP contribution in [-0.4, -0.2) is 45.0 Å². The van der Waals surface area contributed by atoms with E-state index in [0.717, 1.165) is 22.6 Å². The Bertz CT molecular complexity index is 895. The highest BCUT2D eigenvalue weighted by Gasteiger charge is 2.11. The van der Waals surface area contributed by atoms with Crippen molar-refractivity contribution in [2.45, 2.75) is 19.0 Å². The molecule has 0 saturated carbocycles. The molecule has 1 heterocycles. The lowest BCUT2D eigenvalue weighted by molar-refractivity contribution is -0.118. The predicted molar refractivity (Wildman–Crippen MR) is 104 cm³/mol. The zero-order chi connectivity index (χ0) is 19.1. The van der Waals surface area contributed by atoms with Gasteiger partial charge in [0.15, 0.2) is 0 Å². The lowest BCUT2D eigenvalue weighted by Crippen LogP contribution is -2.29. The van der Waals surface area contributed by atoms with Gasteiger partial charge in [-0.3, -0.25) is 4.79 Å². The Balaban J connectivity index is 1.43. The van der Waals surface area contributed by atoms with Crippen molar-refractivity contribution >= 4 is 17.7 Å². The molecule has 27 heavy (non-hydrogen) atoms. The van der Waals surface area contributed by atoms with Crippen molar-refractivity contribution in [1.29, 1.82) is 0 Å². The van der Waals surface area contributed by atoms with Crippen molar-refractivity contribution in [3.63, 3.8) is 0 Å². The minimum absolute atomic E-state index is 0.0914. The molecular formula is C19H21N5O2S. The number of ether oxygens (including phenoxy) is 1. The van der Waals surface area contributed by atoms with Crippen molar-refractivity contribution in [3.05, 3.63) is 59.7 Å². The van der Waals surface area contributed by atoms with Crippen molar-refractivity contribution in [2.75, 3.05) is 18.9 Å². The number of nitrogens with zero attached hydrogens (tertiary/aromatic N) is 4. The molecule has 0 atom stereocenters. The first-order valence-electron chi connectivity index (χ1n) is 8.56. The molecule has 0 aliphatic rings. The second kappa shape index (κ2) is 9.18. The summed E-state index contributed by atoms with van der Waals surface area (Å²) in [7, 11) is 0. The van der Waals surface area contributed by atoms with Crippen LogP contribution in [-0.2, 0) is 4.79 Å². The van der Waals surface area contributed by atoms with Gasteiger partial charge in [-0.05, 0) is 54.1 Å². The fourth-order valence-corrected chi connectivity index (χ4v) is 3.08. The fourth-order valence-electron chi connectivity index (χ4n) is 2.36. The number of aryl methyl sites for hydroxylation is 2. The molecule has 1 amide bonds. The van der Waals surface area contributed by atoms with Gasteiger partial charge in [-0.15, -0.1) is 5.10 Å². The van der Waals surface area contributed by atoms with Crippen LogP contribution in [0.4, 0.5) is 0 Å². The number of hydrogen-bond acceptors (Lipinski definition) is 6. The second-order valence-corrected chi connectivity index (χ2v) is 6.95. The van der Waals surface area contributed by atoms with Crippen LogP contribution in [0.15, 0.2) is 53.7 Å². The van der Waals surface area contributed by atoms with Gasteiger partial charge in [0.1, 0.15) is 12.4 Å². The summed E-state index contributed by atoms with van der Waals surface area (Å²) in [5.41, 5.74) is 3.16. The van der Waals surface area contributed by atoms with Crippen molar-refractivity contribution in [3.8, 4) is 11.4 Å². The highest BCUT2D eigenvalue weighted by Crippen LogP contribution is 2.18. The van der Waals surface area contributed by atoms with E-state index in [0.29, 0.717) is 18.3 Å². The van der Waals surface area contributed by atoms with Crippen LogP contribution < -0.4 is 10.1 Å². The molecule has 0 radical (unpaired) electrons. The van der Waals surface area contributed by atoms with Crippen molar-refractivity contribution < 1.29 is 9.53 Å². The summed E-state index contributed by atoms with van der Waals surface area (Å²) in [6.45, 7) is 4.89. The molecule has 0 fully saturated rings. The zero-order valence-corrected chi connectivity index (χ0v) is 16.1. The first-order chi connectivity index (χ1) is 13.1. The summed E-state index contributed by atoms with van der Waals surface area (Å²) in [6.07, 6.45) is 0. The topological polar surface area (TPSA) is 81.9 Å². The summed E-state index contributed by atoms with van der Waals surface area (Å²) in [5, 5.41) is 15.1. The van der Waals surface area contributed by atoms with Crippen LogP contribution >= 0.6 is 11.8 Å². The van der Waals surface area contributed by atoms with E-state index >= 15 is 0 Å². The quantitative estimate of drug-likeness (QED) is 0.476. The Hall–Kier alpha value is -2.87. The maximum atomic E-state index is 12.0. The summed E-state index contributed by atoms with van der Waals surface area (Å²) in [5.74, 6) is 0.943. The van der Waals surface area contributed by atoms with E-state index in [1.165, 1.54) is 11.8 Å². The standard InChI is InChI=1S/C19H21N5O2S/c1-14-6-8-16(9-7-14)24-19(21-22-23-24)27-13-18(25)20-10-11-26-17-5-3-4-15(2)12-17/h3-9,12H,10-11,13H2,1-2H3,(H,20,25). The average molecular weight is 383 g/mol. The molecular weight excluding hydrogens is 362 g/mol. The van der Waals surface area contributed by atoms with Crippen LogP contribution in [0.5, 0.6) is 5.75 Å². The van der Waals surface area contributed by atoms with Gasteiger partial charge in [0.25, 0.3) is 0 Å². The Morgan fingerprint density at radius 2 is 1.96 bits per heavy atom. The number of carbonyl (C=O) groups excluding carboxylic acids is 1. The molecule has 0 aliphatic carbocycles. The number of aromatic nitrogens is 4. The third kappa shape index (κ3) is 5.55. The smallest absolute Gasteiger partial charge is 0.230 e. The van der Waals surface area contributed by atoms with Gasteiger partial charge in [0.2, 0.25) is 11.1 Å². The van der Waals surface area contributed by atoms with Gasteiger partial charge >= 0.3 is 0 Å². The number of hydrogen-bond donors (Lipinski definition) is 1. The van der Waals surface area contributed by atoms with E-state index in [1.54, 1.807) is 4.68 Å². The maximum absolute atomic E-state index is 12.0. The molecule has 3 rings (SSSR count). The number of thioether (sulfide) groups is 1. The highest BCUT2D eigenvalue weighted by molar-refractivity contribution is 7.99. The van der Waals surface area contributed by atoms with Gasteiger partial charge in [0.05, 0.1) is 18.0 Å². The summed E-state index contributed by atoms with van der Waals surface area (Å²) < 4.78 is 7.24. The molecule has 8 heteroatoms. The van der Waals surface area contributed by atoms with Crippen LogP contribution in [0.3, 0.4) is 0 Å². The Labute approximate surface area is 162 Å². The molecule has 0 unspecified atom stereocenters. The lowest BCUT2D eigenvalue weighted by atomic mass is 10.2. The van der Waals surface area contributed by atoms with Crippen LogP contribution in [0.1, 0.15) is 11.1 Å². The SMILES string of the molecule is Cc1ccc(-n2nnnc2SCC(=O)NCCOc2cccc(C)c2)cc1. The first kappa shape index (κ1) is 18.9. The molecule has 1 N–H and O–H groups in total. The monoisotopic (exact) mass is 383 g/mol. The molecule has 0 bridgehead atoms.